The summed E-state index contributed by atoms with van der Waals surface area (Å²) in [6.07, 6.45) is 2.34. The molecule has 22 heavy (non-hydrogen) atoms. The molecule has 8 heteroatoms. The van der Waals surface area contributed by atoms with Gasteiger partial charge in [-0.2, -0.15) is 9.57 Å². The van der Waals surface area contributed by atoms with Crippen molar-refractivity contribution in [1.29, 1.82) is 5.26 Å². The van der Waals surface area contributed by atoms with Crippen LogP contribution in [-0.2, 0) is 10.0 Å². The summed E-state index contributed by atoms with van der Waals surface area (Å²) in [6, 6.07) is 5.59. The molecule has 1 aromatic heterocycles. The maximum Gasteiger partial charge on any atom is 0.214 e. The van der Waals surface area contributed by atoms with Gasteiger partial charge in [0.25, 0.3) is 0 Å². The maximum absolute atomic E-state index is 12.2. The van der Waals surface area contributed by atoms with Crippen molar-refractivity contribution in [3.05, 3.63) is 18.3 Å². The van der Waals surface area contributed by atoms with Gasteiger partial charge in [-0.3, -0.25) is 0 Å². The van der Waals surface area contributed by atoms with Crippen LogP contribution in [0.3, 0.4) is 0 Å². The van der Waals surface area contributed by atoms with Crippen LogP contribution in [0.25, 0.3) is 0 Å². The molecule has 1 aliphatic rings. The van der Waals surface area contributed by atoms with Gasteiger partial charge in [0.2, 0.25) is 10.0 Å². The fourth-order valence-corrected chi connectivity index (χ4v) is 3.84. The Morgan fingerprint density at radius 1 is 1.36 bits per heavy atom. The summed E-state index contributed by atoms with van der Waals surface area (Å²) in [6.45, 7) is 2.07. The first-order valence-electron chi connectivity index (χ1n) is 7.16. The van der Waals surface area contributed by atoms with Gasteiger partial charge >= 0.3 is 0 Å². The molecule has 7 nitrogen and oxygen atoms in total. The lowest BCUT2D eigenvalue weighted by Gasteiger charge is -2.34. The number of nitrogens with zero attached hydrogens (tertiary/aromatic N) is 4. The standard InChI is InChI=1S/C14H20N4O3S/c1-21-13-4-6-16-14(12-13)17-7-9-18(10-8-17)22(19,20)11-3-2-5-15/h4,6,12H,2-3,7-11H2,1H3. The average molecular weight is 324 g/mol. The Bertz CT molecular complexity index is 634. The Balaban J connectivity index is 1.93. The second kappa shape index (κ2) is 7.42. The van der Waals surface area contributed by atoms with E-state index in [0.717, 1.165) is 11.6 Å². The molecule has 1 fully saturated rings. The Hall–Kier alpha value is -1.85. The molecule has 2 rings (SSSR count). The zero-order valence-corrected chi connectivity index (χ0v) is 13.4. The molecule has 0 aliphatic carbocycles. The number of sulfonamides is 1. The molecule has 0 aromatic carbocycles. The summed E-state index contributed by atoms with van der Waals surface area (Å²) in [5, 5.41) is 8.49. The number of unbranched alkanes of at least 4 members (excludes halogenated alkanes) is 1. The van der Waals surface area contributed by atoms with E-state index >= 15 is 0 Å². The van der Waals surface area contributed by atoms with Crippen LogP contribution in [0.5, 0.6) is 5.75 Å². The summed E-state index contributed by atoms with van der Waals surface area (Å²) in [4.78, 5) is 6.35. The first-order valence-corrected chi connectivity index (χ1v) is 8.77. The molecule has 1 saturated heterocycles. The highest BCUT2D eigenvalue weighted by molar-refractivity contribution is 7.89. The van der Waals surface area contributed by atoms with Gasteiger partial charge in [-0.25, -0.2) is 13.4 Å². The number of nitriles is 1. The van der Waals surface area contributed by atoms with Crippen LogP contribution >= 0.6 is 0 Å². The van der Waals surface area contributed by atoms with Gasteiger partial charge in [0.15, 0.2) is 0 Å². The van der Waals surface area contributed by atoms with E-state index in [0.29, 0.717) is 32.6 Å². The lowest BCUT2D eigenvalue weighted by molar-refractivity contribution is 0.382. The number of aromatic nitrogens is 1. The highest BCUT2D eigenvalue weighted by Gasteiger charge is 2.27. The molecular weight excluding hydrogens is 304 g/mol. The number of pyridine rings is 1. The zero-order valence-electron chi connectivity index (χ0n) is 12.6. The molecule has 1 aliphatic heterocycles. The van der Waals surface area contributed by atoms with Crippen molar-refractivity contribution >= 4 is 15.8 Å². The van der Waals surface area contributed by atoms with Crippen molar-refractivity contribution in [3.8, 4) is 11.8 Å². The predicted octanol–water partition coefficient (Wildman–Crippen LogP) is 0.846. The van der Waals surface area contributed by atoms with Crippen LogP contribution in [0.1, 0.15) is 12.8 Å². The van der Waals surface area contributed by atoms with E-state index in [1.165, 1.54) is 4.31 Å². The van der Waals surface area contributed by atoms with Gasteiger partial charge < -0.3 is 9.64 Å². The number of hydrogen-bond acceptors (Lipinski definition) is 6. The topological polar surface area (TPSA) is 86.5 Å². The van der Waals surface area contributed by atoms with Crippen LogP contribution in [-0.4, -0.2) is 56.7 Å². The van der Waals surface area contributed by atoms with E-state index in [2.05, 4.69) is 4.98 Å². The molecule has 0 radical (unpaired) electrons. The lowest BCUT2D eigenvalue weighted by Crippen LogP contribution is -2.49. The molecule has 0 N–H and O–H groups in total. The number of piperazine rings is 1. The molecule has 1 aromatic rings. The Labute approximate surface area is 131 Å². The van der Waals surface area contributed by atoms with Gasteiger partial charge in [0.05, 0.1) is 18.9 Å². The van der Waals surface area contributed by atoms with Crippen molar-refractivity contribution in [2.45, 2.75) is 12.8 Å². The van der Waals surface area contributed by atoms with Gasteiger partial charge in [0.1, 0.15) is 11.6 Å². The Morgan fingerprint density at radius 2 is 2.09 bits per heavy atom. The molecule has 0 atom stereocenters. The van der Waals surface area contributed by atoms with Crippen LogP contribution in [0.15, 0.2) is 18.3 Å². The van der Waals surface area contributed by atoms with Gasteiger partial charge in [-0.05, 0) is 12.5 Å². The monoisotopic (exact) mass is 324 g/mol. The third kappa shape index (κ3) is 4.08. The fourth-order valence-electron chi connectivity index (χ4n) is 2.36. The summed E-state index contributed by atoms with van der Waals surface area (Å²) in [5.74, 6) is 1.57. The highest BCUT2D eigenvalue weighted by Crippen LogP contribution is 2.20. The number of anilines is 1. The molecule has 0 unspecified atom stereocenters. The fraction of sp³-hybridized carbons (Fsp3) is 0.571. The van der Waals surface area contributed by atoms with E-state index in [1.54, 1.807) is 19.4 Å². The highest BCUT2D eigenvalue weighted by atomic mass is 32.2. The van der Waals surface area contributed by atoms with Gasteiger partial charge in [-0.15, -0.1) is 0 Å². The number of rotatable bonds is 6. The largest absolute Gasteiger partial charge is 0.497 e. The Kier molecular flexibility index (Phi) is 5.57. The SMILES string of the molecule is COc1ccnc(N2CCN(S(=O)(=O)CCCC#N)CC2)c1. The van der Waals surface area contributed by atoms with Crippen LogP contribution < -0.4 is 9.64 Å². The smallest absolute Gasteiger partial charge is 0.214 e. The van der Waals surface area contributed by atoms with Crippen LogP contribution in [0.4, 0.5) is 5.82 Å². The number of methoxy groups -OCH3 is 1. The minimum atomic E-state index is -3.26. The van der Waals surface area contributed by atoms with E-state index in [1.807, 2.05) is 17.0 Å². The zero-order chi connectivity index (χ0) is 16.0. The molecule has 120 valence electrons. The maximum atomic E-state index is 12.2. The Morgan fingerprint density at radius 3 is 2.73 bits per heavy atom. The van der Waals surface area contributed by atoms with Gasteiger partial charge in [0, 0.05) is 44.9 Å². The third-order valence-electron chi connectivity index (χ3n) is 3.60. The lowest BCUT2D eigenvalue weighted by atomic mass is 10.3. The van der Waals surface area contributed by atoms with E-state index in [-0.39, 0.29) is 12.2 Å². The van der Waals surface area contributed by atoms with Crippen molar-refractivity contribution in [1.82, 2.24) is 9.29 Å². The van der Waals surface area contributed by atoms with E-state index in [4.69, 9.17) is 10.00 Å². The van der Waals surface area contributed by atoms with Crippen LogP contribution in [0, 0.1) is 11.3 Å². The predicted molar refractivity (Wildman–Crippen MR) is 83.2 cm³/mol. The number of hydrogen-bond donors (Lipinski definition) is 0. The van der Waals surface area contributed by atoms with Crippen LogP contribution in [0.2, 0.25) is 0 Å². The van der Waals surface area contributed by atoms with E-state index < -0.39 is 10.0 Å². The first kappa shape index (κ1) is 16.5. The summed E-state index contributed by atoms with van der Waals surface area (Å²) in [5.41, 5.74) is 0. The van der Waals surface area contributed by atoms with Crippen molar-refractivity contribution in [2.75, 3.05) is 43.9 Å². The minimum absolute atomic E-state index is 0.0397. The third-order valence-corrected chi connectivity index (χ3v) is 5.56. The summed E-state index contributed by atoms with van der Waals surface area (Å²) in [7, 11) is -1.66. The van der Waals surface area contributed by atoms with Gasteiger partial charge in [-0.1, -0.05) is 0 Å². The van der Waals surface area contributed by atoms with E-state index in [9.17, 15) is 8.42 Å². The molecular formula is C14H20N4O3S. The average Bonchev–Trinajstić information content (AvgIpc) is 2.55. The normalized spacial score (nSPS) is 16.3. The molecule has 0 amide bonds. The molecule has 0 spiro atoms. The quantitative estimate of drug-likeness (QED) is 0.721. The molecule has 0 saturated carbocycles. The second-order valence-corrected chi connectivity index (χ2v) is 7.11. The molecule has 2 heterocycles. The van der Waals surface area contributed by atoms with Crippen molar-refractivity contribution in [2.24, 2.45) is 0 Å². The first-order chi connectivity index (χ1) is 10.6. The second-order valence-electron chi connectivity index (χ2n) is 5.02. The van der Waals surface area contributed by atoms with Crippen molar-refractivity contribution < 1.29 is 13.2 Å². The summed E-state index contributed by atoms with van der Waals surface area (Å²) >= 11 is 0. The number of ether oxygens (including phenoxy) is 1. The van der Waals surface area contributed by atoms with Crippen molar-refractivity contribution in [3.63, 3.8) is 0 Å². The molecule has 0 bridgehead atoms. The summed E-state index contributed by atoms with van der Waals surface area (Å²) < 4.78 is 31.0. The minimum Gasteiger partial charge on any atom is -0.497 e.